The molecule has 0 aliphatic heterocycles. The first kappa shape index (κ1) is 22.4. The lowest BCUT2D eigenvalue weighted by atomic mass is 10.1. The van der Waals surface area contributed by atoms with Gasteiger partial charge in [-0.05, 0) is 45.0 Å². The number of hydrogen-bond acceptors (Lipinski definition) is 5. The molecule has 0 saturated carbocycles. The standard InChI is InChI=1S/C22H23Cl2N3O2S/c1-13(2)25-22-27(26-14(3)17-8-6-15(23)10-19(17)24)20(12-30-22)18-9-7-16(28-4)11-21(18)29-5/h6-13H,1-5H3. The summed E-state index contributed by atoms with van der Waals surface area (Å²) in [7, 11) is 3.26. The highest BCUT2D eigenvalue weighted by molar-refractivity contribution is 7.07. The molecule has 1 heterocycles. The Balaban J connectivity index is 2.22. The van der Waals surface area contributed by atoms with Crippen LogP contribution < -0.4 is 14.3 Å². The van der Waals surface area contributed by atoms with Crippen LogP contribution in [-0.2, 0) is 0 Å². The van der Waals surface area contributed by atoms with Gasteiger partial charge in [0.15, 0.2) is 0 Å². The molecular weight excluding hydrogens is 441 g/mol. The second-order valence-electron chi connectivity index (χ2n) is 6.81. The van der Waals surface area contributed by atoms with E-state index in [-0.39, 0.29) is 6.04 Å². The van der Waals surface area contributed by atoms with E-state index in [0.717, 1.165) is 33.1 Å². The largest absolute Gasteiger partial charge is 0.497 e. The first-order valence-electron chi connectivity index (χ1n) is 9.31. The van der Waals surface area contributed by atoms with Gasteiger partial charge < -0.3 is 9.47 Å². The number of benzene rings is 2. The molecule has 0 aliphatic carbocycles. The van der Waals surface area contributed by atoms with Crippen LogP contribution in [0.1, 0.15) is 26.3 Å². The number of ether oxygens (including phenoxy) is 2. The van der Waals surface area contributed by atoms with Crippen molar-refractivity contribution in [3.63, 3.8) is 0 Å². The highest BCUT2D eigenvalue weighted by atomic mass is 35.5. The van der Waals surface area contributed by atoms with Gasteiger partial charge in [0.25, 0.3) is 0 Å². The molecule has 0 amide bonds. The maximum absolute atomic E-state index is 6.40. The fourth-order valence-corrected chi connectivity index (χ4v) is 4.39. The summed E-state index contributed by atoms with van der Waals surface area (Å²) in [6.07, 6.45) is 0. The summed E-state index contributed by atoms with van der Waals surface area (Å²) in [5.74, 6) is 1.41. The predicted molar refractivity (Wildman–Crippen MR) is 126 cm³/mol. The quantitative estimate of drug-likeness (QED) is 0.413. The fraction of sp³-hybridized carbons (Fsp3) is 0.273. The SMILES string of the molecule is COc1ccc(-c2csc(=NC(C)C)n2N=C(C)c2ccc(Cl)cc2Cl)c(OC)c1. The average molecular weight is 464 g/mol. The third-order valence-corrected chi connectivity index (χ3v) is 5.69. The first-order valence-corrected chi connectivity index (χ1v) is 11.0. The van der Waals surface area contributed by atoms with Gasteiger partial charge in [0, 0.05) is 33.6 Å². The summed E-state index contributed by atoms with van der Waals surface area (Å²) in [5, 5.41) is 8.01. The molecule has 3 aromatic rings. The van der Waals surface area contributed by atoms with E-state index in [4.69, 9.17) is 42.8 Å². The highest BCUT2D eigenvalue weighted by Gasteiger charge is 2.15. The molecule has 3 rings (SSSR count). The van der Waals surface area contributed by atoms with Gasteiger partial charge in [0.05, 0.1) is 30.6 Å². The van der Waals surface area contributed by atoms with Crippen LogP contribution in [0, 0.1) is 0 Å². The summed E-state index contributed by atoms with van der Waals surface area (Å²) in [6.45, 7) is 5.97. The van der Waals surface area contributed by atoms with Crippen LogP contribution in [0.4, 0.5) is 0 Å². The van der Waals surface area contributed by atoms with Crippen molar-refractivity contribution in [3.8, 4) is 22.8 Å². The Morgan fingerprint density at radius 3 is 2.47 bits per heavy atom. The summed E-state index contributed by atoms with van der Waals surface area (Å²) in [6, 6.07) is 11.2. The smallest absolute Gasteiger partial charge is 0.206 e. The number of halogens is 2. The van der Waals surface area contributed by atoms with E-state index in [1.165, 1.54) is 11.3 Å². The molecule has 0 saturated heterocycles. The molecule has 158 valence electrons. The monoisotopic (exact) mass is 463 g/mol. The van der Waals surface area contributed by atoms with Gasteiger partial charge in [-0.25, -0.2) is 4.68 Å². The van der Waals surface area contributed by atoms with Crippen LogP contribution in [0.5, 0.6) is 11.5 Å². The summed E-state index contributed by atoms with van der Waals surface area (Å²) in [5.41, 5.74) is 3.30. The van der Waals surface area contributed by atoms with Gasteiger partial charge in [-0.2, -0.15) is 5.10 Å². The van der Waals surface area contributed by atoms with Gasteiger partial charge in [-0.1, -0.05) is 29.3 Å². The number of thiazole rings is 1. The lowest BCUT2D eigenvalue weighted by molar-refractivity contribution is 0.395. The van der Waals surface area contributed by atoms with Crippen LogP contribution in [0.25, 0.3) is 11.3 Å². The zero-order valence-electron chi connectivity index (χ0n) is 17.4. The van der Waals surface area contributed by atoms with Crippen LogP contribution in [0.3, 0.4) is 0 Å². The van der Waals surface area contributed by atoms with E-state index < -0.39 is 0 Å². The Hall–Kier alpha value is -2.28. The zero-order chi connectivity index (χ0) is 21.8. The summed E-state index contributed by atoms with van der Waals surface area (Å²) < 4.78 is 12.8. The van der Waals surface area contributed by atoms with E-state index in [0.29, 0.717) is 15.8 Å². The van der Waals surface area contributed by atoms with E-state index in [2.05, 4.69) is 0 Å². The van der Waals surface area contributed by atoms with Crippen molar-refractivity contribution in [3.05, 3.63) is 62.2 Å². The third kappa shape index (κ3) is 4.89. The molecule has 0 bridgehead atoms. The number of methoxy groups -OCH3 is 2. The number of hydrogen-bond donors (Lipinski definition) is 0. The van der Waals surface area contributed by atoms with Crippen molar-refractivity contribution in [2.45, 2.75) is 26.8 Å². The van der Waals surface area contributed by atoms with Crippen molar-refractivity contribution in [1.29, 1.82) is 0 Å². The Labute approximate surface area is 190 Å². The van der Waals surface area contributed by atoms with Gasteiger partial charge >= 0.3 is 0 Å². The van der Waals surface area contributed by atoms with E-state index in [1.807, 2.05) is 55.1 Å². The molecule has 0 unspecified atom stereocenters. The van der Waals surface area contributed by atoms with Crippen LogP contribution in [0.2, 0.25) is 10.0 Å². The molecule has 0 fully saturated rings. The zero-order valence-corrected chi connectivity index (χ0v) is 19.8. The summed E-state index contributed by atoms with van der Waals surface area (Å²) >= 11 is 14.0. The van der Waals surface area contributed by atoms with Crippen molar-refractivity contribution in [2.24, 2.45) is 10.1 Å². The molecule has 0 spiro atoms. The van der Waals surface area contributed by atoms with Gasteiger partial charge in [-0.15, -0.1) is 11.3 Å². The van der Waals surface area contributed by atoms with E-state index in [1.54, 1.807) is 26.4 Å². The maximum Gasteiger partial charge on any atom is 0.206 e. The Morgan fingerprint density at radius 2 is 1.83 bits per heavy atom. The first-order chi connectivity index (χ1) is 14.3. The Kier molecular flexibility index (Phi) is 7.23. The maximum atomic E-state index is 6.40. The van der Waals surface area contributed by atoms with E-state index in [9.17, 15) is 0 Å². The van der Waals surface area contributed by atoms with Crippen molar-refractivity contribution >= 4 is 40.3 Å². The Morgan fingerprint density at radius 1 is 1.07 bits per heavy atom. The molecule has 5 nitrogen and oxygen atoms in total. The van der Waals surface area contributed by atoms with Crippen molar-refractivity contribution < 1.29 is 9.47 Å². The second kappa shape index (κ2) is 9.69. The topological polar surface area (TPSA) is 48.1 Å². The lowest BCUT2D eigenvalue weighted by Crippen LogP contribution is -2.16. The second-order valence-corrected chi connectivity index (χ2v) is 8.49. The number of nitrogens with zero attached hydrogens (tertiary/aromatic N) is 3. The normalized spacial score (nSPS) is 12.5. The number of aromatic nitrogens is 1. The minimum atomic E-state index is 0.120. The molecule has 2 aromatic carbocycles. The van der Waals surface area contributed by atoms with Crippen LogP contribution >= 0.6 is 34.5 Å². The third-order valence-electron chi connectivity index (χ3n) is 4.31. The fourth-order valence-electron chi connectivity index (χ4n) is 2.89. The van der Waals surface area contributed by atoms with Gasteiger partial charge in [0.2, 0.25) is 4.80 Å². The minimum absolute atomic E-state index is 0.120. The van der Waals surface area contributed by atoms with Crippen molar-refractivity contribution in [2.75, 3.05) is 14.2 Å². The molecule has 1 aromatic heterocycles. The van der Waals surface area contributed by atoms with Gasteiger partial charge in [0.1, 0.15) is 11.5 Å². The van der Waals surface area contributed by atoms with Crippen molar-refractivity contribution in [1.82, 2.24) is 4.68 Å². The molecule has 0 N–H and O–H groups in total. The predicted octanol–water partition coefficient (Wildman–Crippen LogP) is 6.12. The van der Waals surface area contributed by atoms with Crippen LogP contribution in [0.15, 0.2) is 51.9 Å². The van der Waals surface area contributed by atoms with E-state index >= 15 is 0 Å². The lowest BCUT2D eigenvalue weighted by Gasteiger charge is -2.12. The molecule has 0 atom stereocenters. The molecule has 8 heteroatoms. The van der Waals surface area contributed by atoms with Gasteiger partial charge in [-0.3, -0.25) is 4.99 Å². The minimum Gasteiger partial charge on any atom is -0.497 e. The summed E-state index contributed by atoms with van der Waals surface area (Å²) in [4.78, 5) is 5.51. The number of rotatable bonds is 6. The average Bonchev–Trinajstić information content (AvgIpc) is 3.08. The highest BCUT2D eigenvalue weighted by Crippen LogP contribution is 2.34. The molecule has 0 aliphatic rings. The Bertz CT molecular complexity index is 1150. The molecular formula is C22H23Cl2N3O2S. The molecule has 30 heavy (non-hydrogen) atoms. The molecule has 0 radical (unpaired) electrons. The van der Waals surface area contributed by atoms with Crippen LogP contribution in [-0.4, -0.2) is 30.6 Å².